The molecule has 11 heavy (non-hydrogen) atoms. The zero-order valence-corrected chi connectivity index (χ0v) is 7.00. The van der Waals surface area contributed by atoms with Gasteiger partial charge in [-0.15, -0.1) is 0 Å². The van der Waals surface area contributed by atoms with Gasteiger partial charge in [-0.2, -0.15) is 0 Å². The summed E-state index contributed by atoms with van der Waals surface area (Å²) in [6.45, 7) is 0.877. The van der Waals surface area contributed by atoms with Crippen LogP contribution in [0.4, 0.5) is 0 Å². The first kappa shape index (κ1) is 7.71. The second-order valence-electron chi connectivity index (χ2n) is 2.65. The van der Waals surface area contributed by atoms with Crippen LogP contribution in [0.15, 0.2) is 0 Å². The topological polar surface area (TPSA) is 54.0 Å². The maximum absolute atomic E-state index is 11.2. The second kappa shape index (κ2) is 2.28. The summed E-state index contributed by atoms with van der Waals surface area (Å²) in [6.07, 6.45) is 0. The Balaban J connectivity index is 2.18. The van der Waals surface area contributed by atoms with E-state index in [1.165, 1.54) is 0 Å². The predicted molar refractivity (Wildman–Crippen MR) is 35.2 cm³/mol. The lowest BCUT2D eigenvalue weighted by Crippen LogP contribution is -2.52. The molecule has 3 fully saturated rings. The molecule has 0 saturated carbocycles. The molecule has 3 heterocycles. The molecular weight excluding hydrogens is 171 g/mol. The van der Waals surface area contributed by atoms with Gasteiger partial charge >= 0.3 is 7.82 Å². The molecule has 6 heteroatoms. The molecule has 0 aromatic rings. The van der Waals surface area contributed by atoms with Gasteiger partial charge in [-0.1, -0.05) is 0 Å². The van der Waals surface area contributed by atoms with Crippen molar-refractivity contribution >= 4 is 7.82 Å². The highest BCUT2D eigenvalue weighted by Crippen LogP contribution is 2.58. The Kier molecular flexibility index (Phi) is 1.60. The summed E-state index contributed by atoms with van der Waals surface area (Å²) in [4.78, 5) is 0. The first-order valence-electron chi connectivity index (χ1n) is 3.27. The summed E-state index contributed by atoms with van der Waals surface area (Å²) in [7, 11) is -1.61. The quantitative estimate of drug-likeness (QED) is 0.551. The van der Waals surface area contributed by atoms with Crippen molar-refractivity contribution in [1.29, 1.82) is 0 Å². The molecule has 5 nitrogen and oxygen atoms in total. The molecule has 0 aliphatic carbocycles. The number of phosphoric acid groups is 1. The van der Waals surface area contributed by atoms with Crippen LogP contribution in [-0.2, 0) is 22.9 Å². The minimum Gasteiger partial charge on any atom is -0.371 e. The molecule has 0 spiro atoms. The fourth-order valence-electron chi connectivity index (χ4n) is 1.00. The normalized spacial score (nSPS) is 49.5. The molecule has 0 radical (unpaired) electrons. The lowest BCUT2D eigenvalue weighted by molar-refractivity contribution is -0.168. The van der Waals surface area contributed by atoms with E-state index in [1.54, 1.807) is 7.11 Å². The third-order valence-electron chi connectivity index (χ3n) is 1.89. The molecule has 2 bridgehead atoms. The van der Waals surface area contributed by atoms with Gasteiger partial charge in [0.1, 0.15) is 5.60 Å². The maximum Gasteiger partial charge on any atom is 0.475 e. The van der Waals surface area contributed by atoms with E-state index in [4.69, 9.17) is 18.3 Å². The van der Waals surface area contributed by atoms with Crippen LogP contribution in [-0.4, -0.2) is 32.5 Å². The van der Waals surface area contributed by atoms with E-state index in [2.05, 4.69) is 0 Å². The number of hydrogen-bond acceptors (Lipinski definition) is 5. The monoisotopic (exact) mass is 180 g/mol. The summed E-state index contributed by atoms with van der Waals surface area (Å²) >= 11 is 0. The van der Waals surface area contributed by atoms with Crippen LogP contribution >= 0.6 is 7.82 Å². The van der Waals surface area contributed by atoms with Crippen LogP contribution in [0.3, 0.4) is 0 Å². The smallest absolute Gasteiger partial charge is 0.371 e. The lowest BCUT2D eigenvalue weighted by atomic mass is 10.1. The fourth-order valence-corrected chi connectivity index (χ4v) is 2.41. The second-order valence-corrected chi connectivity index (χ2v) is 4.32. The number of ether oxygens (including phenoxy) is 1. The van der Waals surface area contributed by atoms with Gasteiger partial charge in [0, 0.05) is 7.11 Å². The number of fused-ring (bicyclic) bond motifs is 3. The SMILES string of the molecule is COC12COP(=O)(OC1)OC2. The van der Waals surface area contributed by atoms with Gasteiger partial charge in [-0.25, -0.2) is 4.57 Å². The zero-order chi connectivity index (χ0) is 7.95. The van der Waals surface area contributed by atoms with Crippen LogP contribution in [0.25, 0.3) is 0 Å². The molecule has 0 atom stereocenters. The Morgan fingerprint density at radius 3 is 2.09 bits per heavy atom. The standard InChI is InChI=1S/C5H9O5P/c1-7-5-2-8-11(6,9-3-5)10-4-5/h2-4H2,1H3. The van der Waals surface area contributed by atoms with Crippen molar-refractivity contribution in [3.05, 3.63) is 0 Å². The molecule has 3 saturated heterocycles. The Bertz CT molecular complexity index is 184. The van der Waals surface area contributed by atoms with Crippen LogP contribution < -0.4 is 0 Å². The highest BCUT2D eigenvalue weighted by molar-refractivity contribution is 7.48. The largest absolute Gasteiger partial charge is 0.475 e. The van der Waals surface area contributed by atoms with Crippen LogP contribution in [0.1, 0.15) is 0 Å². The fraction of sp³-hybridized carbons (Fsp3) is 1.00. The van der Waals surface area contributed by atoms with Crippen molar-refractivity contribution in [2.24, 2.45) is 0 Å². The highest BCUT2D eigenvalue weighted by Gasteiger charge is 2.50. The first-order chi connectivity index (χ1) is 5.18. The lowest BCUT2D eigenvalue weighted by Gasteiger charge is -2.42. The van der Waals surface area contributed by atoms with Crippen LogP contribution in [0.5, 0.6) is 0 Å². The Morgan fingerprint density at radius 1 is 1.27 bits per heavy atom. The number of methoxy groups -OCH3 is 1. The van der Waals surface area contributed by atoms with E-state index >= 15 is 0 Å². The number of phosphoric ester groups is 1. The molecule has 0 N–H and O–H groups in total. The molecule has 3 rings (SSSR count). The molecule has 3 aliphatic rings. The van der Waals surface area contributed by atoms with Gasteiger partial charge in [-0.3, -0.25) is 13.6 Å². The molecule has 0 amide bonds. The summed E-state index contributed by atoms with van der Waals surface area (Å²) in [5, 5.41) is 0. The van der Waals surface area contributed by atoms with Crippen molar-refractivity contribution in [1.82, 2.24) is 0 Å². The van der Waals surface area contributed by atoms with E-state index in [0.717, 1.165) is 0 Å². The average Bonchev–Trinajstić information content (AvgIpc) is 2.07. The van der Waals surface area contributed by atoms with E-state index < -0.39 is 13.4 Å². The minimum absolute atomic E-state index is 0.292. The van der Waals surface area contributed by atoms with E-state index in [1.807, 2.05) is 0 Å². The van der Waals surface area contributed by atoms with Crippen molar-refractivity contribution in [2.45, 2.75) is 5.60 Å². The molecule has 0 aromatic heterocycles. The Morgan fingerprint density at radius 2 is 1.73 bits per heavy atom. The Hall–Kier alpha value is 0.0700. The van der Waals surface area contributed by atoms with Crippen molar-refractivity contribution in [3.8, 4) is 0 Å². The van der Waals surface area contributed by atoms with Crippen LogP contribution in [0, 0.1) is 0 Å². The van der Waals surface area contributed by atoms with Crippen LogP contribution in [0.2, 0.25) is 0 Å². The number of hydrogen-bond donors (Lipinski definition) is 0. The van der Waals surface area contributed by atoms with Gasteiger partial charge in [0.2, 0.25) is 0 Å². The maximum atomic E-state index is 11.2. The first-order valence-corrected chi connectivity index (χ1v) is 4.73. The Labute approximate surface area is 64.2 Å². The van der Waals surface area contributed by atoms with Gasteiger partial charge in [0.05, 0.1) is 19.8 Å². The molecule has 0 unspecified atom stereocenters. The molecule has 64 valence electrons. The molecular formula is C5H9O5P. The van der Waals surface area contributed by atoms with Gasteiger partial charge < -0.3 is 4.74 Å². The van der Waals surface area contributed by atoms with Gasteiger partial charge in [0.15, 0.2) is 0 Å². The third-order valence-corrected chi connectivity index (χ3v) is 3.23. The average molecular weight is 180 g/mol. The highest BCUT2D eigenvalue weighted by atomic mass is 31.2. The van der Waals surface area contributed by atoms with Crippen molar-refractivity contribution < 1.29 is 22.9 Å². The number of rotatable bonds is 1. The van der Waals surface area contributed by atoms with Gasteiger partial charge in [-0.05, 0) is 0 Å². The van der Waals surface area contributed by atoms with E-state index in [-0.39, 0.29) is 0 Å². The molecule has 0 aromatic carbocycles. The van der Waals surface area contributed by atoms with E-state index in [0.29, 0.717) is 19.8 Å². The third kappa shape index (κ3) is 1.13. The minimum atomic E-state index is -3.16. The van der Waals surface area contributed by atoms with E-state index in [9.17, 15) is 4.57 Å². The zero-order valence-electron chi connectivity index (χ0n) is 6.11. The summed E-state index contributed by atoms with van der Waals surface area (Å²) in [5.74, 6) is 0. The summed E-state index contributed by atoms with van der Waals surface area (Å²) in [6, 6.07) is 0. The molecule has 3 aliphatic heterocycles. The van der Waals surface area contributed by atoms with Gasteiger partial charge in [0.25, 0.3) is 0 Å². The summed E-state index contributed by atoms with van der Waals surface area (Å²) < 4.78 is 30.8. The van der Waals surface area contributed by atoms with Crippen molar-refractivity contribution in [2.75, 3.05) is 26.9 Å². The van der Waals surface area contributed by atoms with Crippen molar-refractivity contribution in [3.63, 3.8) is 0 Å². The predicted octanol–water partition coefficient (Wildman–Crippen LogP) is 0.557. The summed E-state index contributed by atoms with van der Waals surface area (Å²) in [5.41, 5.74) is -0.536.